The Morgan fingerprint density at radius 2 is 1.88 bits per heavy atom. The lowest BCUT2D eigenvalue weighted by Crippen LogP contribution is -2.31. The van der Waals surface area contributed by atoms with Crippen molar-refractivity contribution in [3.05, 3.63) is 35.9 Å². The molecule has 2 bridgehead atoms. The first-order valence-electron chi connectivity index (χ1n) is 6.10. The van der Waals surface area contributed by atoms with Crippen molar-refractivity contribution in [3.63, 3.8) is 0 Å². The zero-order chi connectivity index (χ0) is 11.1. The van der Waals surface area contributed by atoms with Gasteiger partial charge < -0.3 is 5.73 Å². The summed E-state index contributed by atoms with van der Waals surface area (Å²) in [5, 5.41) is 0. The number of amides is 1. The van der Waals surface area contributed by atoms with Gasteiger partial charge in [0, 0.05) is 5.92 Å². The molecule has 2 saturated carbocycles. The van der Waals surface area contributed by atoms with Crippen LogP contribution in [0.1, 0.15) is 30.7 Å². The Bertz CT molecular complexity index is 400. The van der Waals surface area contributed by atoms with Crippen molar-refractivity contribution < 1.29 is 4.79 Å². The Morgan fingerprint density at radius 3 is 2.50 bits per heavy atom. The molecule has 4 unspecified atom stereocenters. The van der Waals surface area contributed by atoms with Crippen LogP contribution in [-0.2, 0) is 4.79 Å². The number of rotatable bonds is 2. The van der Waals surface area contributed by atoms with Gasteiger partial charge in [0.15, 0.2) is 0 Å². The van der Waals surface area contributed by atoms with Crippen LogP contribution in [0.25, 0.3) is 0 Å². The van der Waals surface area contributed by atoms with E-state index in [1.165, 1.54) is 18.4 Å². The molecule has 0 radical (unpaired) electrons. The molecule has 2 heteroatoms. The van der Waals surface area contributed by atoms with Gasteiger partial charge in [-0.05, 0) is 42.6 Å². The number of hydrogen-bond acceptors (Lipinski definition) is 1. The van der Waals surface area contributed by atoms with Gasteiger partial charge in [0.1, 0.15) is 0 Å². The molecule has 0 saturated heterocycles. The van der Waals surface area contributed by atoms with E-state index in [9.17, 15) is 4.79 Å². The van der Waals surface area contributed by atoms with Crippen molar-refractivity contribution in [1.82, 2.24) is 0 Å². The minimum atomic E-state index is -0.0897. The normalized spacial score (nSPS) is 36.5. The summed E-state index contributed by atoms with van der Waals surface area (Å²) in [6.45, 7) is 0. The third-order valence-corrected chi connectivity index (χ3v) is 4.41. The summed E-state index contributed by atoms with van der Waals surface area (Å²) < 4.78 is 0. The van der Waals surface area contributed by atoms with Gasteiger partial charge in [-0.2, -0.15) is 0 Å². The van der Waals surface area contributed by atoms with Crippen molar-refractivity contribution in [2.24, 2.45) is 23.5 Å². The molecule has 2 aliphatic carbocycles. The molecule has 2 aliphatic rings. The Kier molecular flexibility index (Phi) is 2.23. The maximum absolute atomic E-state index is 11.4. The number of primary amides is 1. The summed E-state index contributed by atoms with van der Waals surface area (Å²) in [6, 6.07) is 10.6. The quantitative estimate of drug-likeness (QED) is 0.808. The van der Waals surface area contributed by atoms with Crippen molar-refractivity contribution in [2.45, 2.75) is 25.2 Å². The van der Waals surface area contributed by atoms with Crippen molar-refractivity contribution in [1.29, 1.82) is 0 Å². The topological polar surface area (TPSA) is 43.1 Å². The maximum Gasteiger partial charge on any atom is 0.220 e. The molecule has 2 fully saturated rings. The maximum atomic E-state index is 11.4. The van der Waals surface area contributed by atoms with Crippen LogP contribution >= 0.6 is 0 Å². The van der Waals surface area contributed by atoms with Crippen LogP contribution in [0.15, 0.2) is 30.3 Å². The SMILES string of the molecule is NC(=O)C1CC2CC(c3ccccc3)C1C2. The highest BCUT2D eigenvalue weighted by Gasteiger charge is 2.48. The van der Waals surface area contributed by atoms with Crippen molar-refractivity contribution >= 4 is 5.91 Å². The Labute approximate surface area is 95.8 Å². The number of fused-ring (bicyclic) bond motifs is 2. The molecule has 2 nitrogen and oxygen atoms in total. The highest BCUT2D eigenvalue weighted by Crippen LogP contribution is 2.55. The van der Waals surface area contributed by atoms with Crippen LogP contribution in [0.5, 0.6) is 0 Å². The van der Waals surface area contributed by atoms with Gasteiger partial charge in [-0.1, -0.05) is 30.3 Å². The second-order valence-electron chi connectivity index (χ2n) is 5.26. The number of carbonyl (C=O) groups excluding carboxylic acids is 1. The molecule has 2 N–H and O–H groups in total. The molecule has 3 rings (SSSR count). The summed E-state index contributed by atoms with van der Waals surface area (Å²) in [5.41, 5.74) is 6.88. The predicted molar refractivity (Wildman–Crippen MR) is 62.7 cm³/mol. The van der Waals surface area contributed by atoms with Gasteiger partial charge in [-0.15, -0.1) is 0 Å². The summed E-state index contributed by atoms with van der Waals surface area (Å²) in [4.78, 5) is 11.4. The summed E-state index contributed by atoms with van der Waals surface area (Å²) in [5.74, 6) is 1.84. The average Bonchev–Trinajstić information content (AvgIpc) is 2.89. The van der Waals surface area contributed by atoms with Crippen LogP contribution < -0.4 is 5.73 Å². The molecule has 0 heterocycles. The Hall–Kier alpha value is -1.31. The molecular weight excluding hydrogens is 198 g/mol. The number of nitrogens with two attached hydrogens (primary N) is 1. The highest BCUT2D eigenvalue weighted by atomic mass is 16.1. The third kappa shape index (κ3) is 1.44. The molecule has 0 aromatic heterocycles. The summed E-state index contributed by atoms with van der Waals surface area (Å²) in [7, 11) is 0. The first kappa shape index (κ1) is 9.88. The van der Waals surface area contributed by atoms with Crippen LogP contribution in [0.3, 0.4) is 0 Å². The molecule has 1 amide bonds. The third-order valence-electron chi connectivity index (χ3n) is 4.41. The van der Waals surface area contributed by atoms with E-state index < -0.39 is 0 Å². The van der Waals surface area contributed by atoms with Gasteiger partial charge in [0.2, 0.25) is 5.91 Å². The Balaban J connectivity index is 1.87. The molecule has 4 atom stereocenters. The van der Waals surface area contributed by atoms with E-state index in [4.69, 9.17) is 5.73 Å². The molecule has 84 valence electrons. The van der Waals surface area contributed by atoms with Crippen LogP contribution in [0.2, 0.25) is 0 Å². The number of carbonyl (C=O) groups is 1. The lowest BCUT2D eigenvalue weighted by molar-refractivity contribution is -0.123. The fourth-order valence-electron chi connectivity index (χ4n) is 3.76. The van der Waals surface area contributed by atoms with Gasteiger partial charge in [-0.3, -0.25) is 4.79 Å². The van der Waals surface area contributed by atoms with Gasteiger partial charge >= 0.3 is 0 Å². The van der Waals surface area contributed by atoms with E-state index in [1.807, 2.05) is 6.07 Å². The van der Waals surface area contributed by atoms with Gasteiger partial charge in [0.25, 0.3) is 0 Å². The van der Waals surface area contributed by atoms with E-state index in [2.05, 4.69) is 24.3 Å². The monoisotopic (exact) mass is 215 g/mol. The number of hydrogen-bond donors (Lipinski definition) is 1. The lowest BCUT2D eigenvalue weighted by Gasteiger charge is -2.27. The fourth-order valence-corrected chi connectivity index (χ4v) is 3.76. The van der Waals surface area contributed by atoms with Gasteiger partial charge in [0.05, 0.1) is 0 Å². The van der Waals surface area contributed by atoms with Crippen LogP contribution in [0, 0.1) is 17.8 Å². The summed E-state index contributed by atoms with van der Waals surface area (Å²) in [6.07, 6.45) is 3.48. The molecular formula is C14H17NO. The number of benzene rings is 1. The predicted octanol–water partition coefficient (Wildman–Crippen LogP) is 2.30. The minimum Gasteiger partial charge on any atom is -0.369 e. The minimum absolute atomic E-state index is 0.0897. The molecule has 0 spiro atoms. The second-order valence-corrected chi connectivity index (χ2v) is 5.26. The Morgan fingerprint density at radius 1 is 1.12 bits per heavy atom. The largest absolute Gasteiger partial charge is 0.369 e. The zero-order valence-corrected chi connectivity index (χ0v) is 9.30. The van der Waals surface area contributed by atoms with E-state index in [-0.39, 0.29) is 11.8 Å². The lowest BCUT2D eigenvalue weighted by atomic mass is 9.77. The molecule has 1 aromatic carbocycles. The molecule has 1 aromatic rings. The first-order valence-corrected chi connectivity index (χ1v) is 6.10. The van der Waals surface area contributed by atoms with Crippen LogP contribution in [0.4, 0.5) is 0 Å². The van der Waals surface area contributed by atoms with E-state index >= 15 is 0 Å². The smallest absolute Gasteiger partial charge is 0.220 e. The van der Waals surface area contributed by atoms with E-state index in [0.717, 1.165) is 12.3 Å². The summed E-state index contributed by atoms with van der Waals surface area (Å²) >= 11 is 0. The van der Waals surface area contributed by atoms with Gasteiger partial charge in [-0.25, -0.2) is 0 Å². The van der Waals surface area contributed by atoms with E-state index in [0.29, 0.717) is 11.8 Å². The zero-order valence-electron chi connectivity index (χ0n) is 9.30. The highest BCUT2D eigenvalue weighted by molar-refractivity contribution is 5.77. The second kappa shape index (κ2) is 3.62. The van der Waals surface area contributed by atoms with Crippen molar-refractivity contribution in [2.75, 3.05) is 0 Å². The van der Waals surface area contributed by atoms with Crippen LogP contribution in [-0.4, -0.2) is 5.91 Å². The van der Waals surface area contributed by atoms with E-state index in [1.54, 1.807) is 0 Å². The standard InChI is InChI=1S/C14H17NO/c15-14(16)13-8-9-6-11(12(13)7-9)10-4-2-1-3-5-10/h1-5,9,11-13H,6-8H2,(H2,15,16). The first-order chi connectivity index (χ1) is 7.75. The van der Waals surface area contributed by atoms with Crippen molar-refractivity contribution in [3.8, 4) is 0 Å². The molecule has 16 heavy (non-hydrogen) atoms. The molecule has 0 aliphatic heterocycles. The fraction of sp³-hybridized carbons (Fsp3) is 0.500. The average molecular weight is 215 g/mol.